The lowest BCUT2D eigenvalue weighted by molar-refractivity contribution is 0.128. The lowest BCUT2D eigenvalue weighted by Crippen LogP contribution is -2.33. The Morgan fingerprint density at radius 1 is 0.900 bits per heavy atom. The van der Waals surface area contributed by atoms with Crippen molar-refractivity contribution >= 4 is 15.9 Å². The fourth-order valence-corrected chi connectivity index (χ4v) is 2.98. The van der Waals surface area contributed by atoms with Crippen LogP contribution in [0, 0.1) is 0 Å². The molecular formula is C17H17BrO2. The van der Waals surface area contributed by atoms with Gasteiger partial charge in [0.15, 0.2) is 0 Å². The maximum absolute atomic E-state index is 5.85. The van der Waals surface area contributed by atoms with Gasteiger partial charge in [0.05, 0.1) is 0 Å². The molecular weight excluding hydrogens is 316 g/mol. The van der Waals surface area contributed by atoms with Gasteiger partial charge in [0, 0.05) is 4.83 Å². The van der Waals surface area contributed by atoms with Crippen molar-refractivity contribution in [2.24, 2.45) is 0 Å². The van der Waals surface area contributed by atoms with E-state index in [4.69, 9.17) is 9.47 Å². The second kappa shape index (κ2) is 6.31. The Hall–Kier alpha value is -1.48. The van der Waals surface area contributed by atoms with E-state index in [2.05, 4.69) is 28.1 Å². The first-order chi connectivity index (χ1) is 9.79. The number of hydrogen-bond acceptors (Lipinski definition) is 2. The highest BCUT2D eigenvalue weighted by Gasteiger charge is 2.28. The standard InChI is InChI=1S/C17H17BrO2/c18-14-10-17(11-14)20-16-8-6-15(7-9-16)19-12-13-4-2-1-3-5-13/h1-9,14,17H,10-12H2. The molecule has 3 rings (SSSR count). The second-order valence-corrected chi connectivity index (χ2v) is 6.35. The van der Waals surface area contributed by atoms with Crippen molar-refractivity contribution in [2.45, 2.75) is 30.4 Å². The maximum atomic E-state index is 5.85. The van der Waals surface area contributed by atoms with E-state index in [0.717, 1.165) is 24.3 Å². The van der Waals surface area contributed by atoms with Crippen LogP contribution in [0.5, 0.6) is 11.5 Å². The van der Waals surface area contributed by atoms with E-state index < -0.39 is 0 Å². The summed E-state index contributed by atoms with van der Waals surface area (Å²) in [7, 11) is 0. The van der Waals surface area contributed by atoms with Crippen LogP contribution < -0.4 is 9.47 Å². The number of rotatable bonds is 5. The first kappa shape index (κ1) is 13.5. The summed E-state index contributed by atoms with van der Waals surface area (Å²) in [5, 5.41) is 0. The third-order valence-electron chi connectivity index (χ3n) is 3.41. The summed E-state index contributed by atoms with van der Waals surface area (Å²) in [5.74, 6) is 1.79. The van der Waals surface area contributed by atoms with E-state index in [-0.39, 0.29) is 0 Å². The molecule has 1 fully saturated rings. The first-order valence-electron chi connectivity index (χ1n) is 6.87. The summed E-state index contributed by atoms with van der Waals surface area (Å²) in [4.78, 5) is 0.626. The molecule has 0 aliphatic heterocycles. The van der Waals surface area contributed by atoms with Crippen LogP contribution in [-0.2, 0) is 6.61 Å². The number of halogens is 1. The molecule has 20 heavy (non-hydrogen) atoms. The highest BCUT2D eigenvalue weighted by Crippen LogP contribution is 2.31. The maximum Gasteiger partial charge on any atom is 0.120 e. The fourth-order valence-electron chi connectivity index (χ4n) is 2.15. The third-order valence-corrected chi connectivity index (χ3v) is 4.16. The van der Waals surface area contributed by atoms with Crippen molar-refractivity contribution in [3.8, 4) is 11.5 Å². The van der Waals surface area contributed by atoms with Crippen LogP contribution in [0.15, 0.2) is 54.6 Å². The van der Waals surface area contributed by atoms with Crippen LogP contribution >= 0.6 is 15.9 Å². The third kappa shape index (κ3) is 3.54. The molecule has 2 aromatic rings. The molecule has 0 bridgehead atoms. The minimum absolute atomic E-state index is 0.357. The van der Waals surface area contributed by atoms with Crippen molar-refractivity contribution in [3.63, 3.8) is 0 Å². The van der Waals surface area contributed by atoms with Gasteiger partial charge in [-0.1, -0.05) is 46.3 Å². The van der Waals surface area contributed by atoms with Crippen LogP contribution in [0.3, 0.4) is 0 Å². The highest BCUT2D eigenvalue weighted by molar-refractivity contribution is 9.09. The predicted molar refractivity (Wildman–Crippen MR) is 83.6 cm³/mol. The average Bonchev–Trinajstić information content (AvgIpc) is 2.46. The van der Waals surface area contributed by atoms with E-state index in [0.29, 0.717) is 17.5 Å². The van der Waals surface area contributed by atoms with Crippen LogP contribution in [0.4, 0.5) is 0 Å². The van der Waals surface area contributed by atoms with E-state index in [1.807, 2.05) is 42.5 Å². The lowest BCUT2D eigenvalue weighted by Gasteiger charge is -2.31. The molecule has 0 heterocycles. The second-order valence-electron chi connectivity index (χ2n) is 5.05. The van der Waals surface area contributed by atoms with Gasteiger partial charge in [-0.15, -0.1) is 0 Å². The van der Waals surface area contributed by atoms with Gasteiger partial charge < -0.3 is 9.47 Å². The lowest BCUT2D eigenvalue weighted by atomic mass is 9.96. The molecule has 0 amide bonds. The highest BCUT2D eigenvalue weighted by atomic mass is 79.9. The predicted octanol–water partition coefficient (Wildman–Crippen LogP) is 4.57. The molecule has 0 unspecified atom stereocenters. The Kier molecular flexibility index (Phi) is 4.26. The van der Waals surface area contributed by atoms with Crippen molar-refractivity contribution in [2.75, 3.05) is 0 Å². The summed E-state index contributed by atoms with van der Waals surface area (Å²) < 4.78 is 11.6. The molecule has 1 saturated carbocycles. The van der Waals surface area contributed by atoms with E-state index >= 15 is 0 Å². The molecule has 0 N–H and O–H groups in total. The van der Waals surface area contributed by atoms with Crippen LogP contribution in [0.25, 0.3) is 0 Å². The van der Waals surface area contributed by atoms with Gasteiger partial charge >= 0.3 is 0 Å². The van der Waals surface area contributed by atoms with Crippen molar-refractivity contribution < 1.29 is 9.47 Å². The van der Waals surface area contributed by atoms with Crippen molar-refractivity contribution in [3.05, 3.63) is 60.2 Å². The Labute approximate surface area is 127 Å². The van der Waals surface area contributed by atoms with Crippen molar-refractivity contribution in [1.29, 1.82) is 0 Å². The zero-order chi connectivity index (χ0) is 13.8. The van der Waals surface area contributed by atoms with Gasteiger partial charge in [0.25, 0.3) is 0 Å². The Balaban J connectivity index is 1.51. The van der Waals surface area contributed by atoms with Crippen LogP contribution in [0.2, 0.25) is 0 Å². The topological polar surface area (TPSA) is 18.5 Å². The Morgan fingerprint density at radius 3 is 2.20 bits per heavy atom. The molecule has 0 atom stereocenters. The minimum atomic E-state index is 0.357. The molecule has 2 aromatic carbocycles. The molecule has 1 aliphatic carbocycles. The molecule has 0 aromatic heterocycles. The minimum Gasteiger partial charge on any atom is -0.490 e. The summed E-state index contributed by atoms with van der Waals surface area (Å²) in [6.07, 6.45) is 2.54. The monoisotopic (exact) mass is 332 g/mol. The largest absolute Gasteiger partial charge is 0.490 e. The number of alkyl halides is 1. The van der Waals surface area contributed by atoms with Crippen LogP contribution in [0.1, 0.15) is 18.4 Å². The fraction of sp³-hybridized carbons (Fsp3) is 0.294. The van der Waals surface area contributed by atoms with E-state index in [9.17, 15) is 0 Å². The van der Waals surface area contributed by atoms with Crippen molar-refractivity contribution in [1.82, 2.24) is 0 Å². The zero-order valence-electron chi connectivity index (χ0n) is 11.2. The molecule has 3 heteroatoms. The van der Waals surface area contributed by atoms with Gasteiger partial charge in [0.1, 0.15) is 24.2 Å². The van der Waals surface area contributed by atoms with Gasteiger partial charge in [-0.3, -0.25) is 0 Å². The van der Waals surface area contributed by atoms with Gasteiger partial charge in [-0.05, 0) is 42.7 Å². The number of ether oxygens (including phenoxy) is 2. The average molecular weight is 333 g/mol. The molecule has 2 nitrogen and oxygen atoms in total. The normalized spacial score (nSPS) is 21.1. The quantitative estimate of drug-likeness (QED) is 0.746. The first-order valence-corrected chi connectivity index (χ1v) is 7.79. The smallest absolute Gasteiger partial charge is 0.120 e. The Bertz CT molecular complexity index is 533. The van der Waals surface area contributed by atoms with E-state index in [1.54, 1.807) is 0 Å². The summed E-state index contributed by atoms with van der Waals surface area (Å²) in [6.45, 7) is 0.592. The molecule has 0 saturated heterocycles. The molecule has 0 radical (unpaired) electrons. The molecule has 104 valence electrons. The number of benzene rings is 2. The summed E-state index contributed by atoms with van der Waals surface area (Å²) in [5.41, 5.74) is 1.17. The number of hydrogen-bond donors (Lipinski definition) is 0. The summed E-state index contributed by atoms with van der Waals surface area (Å²) >= 11 is 3.57. The Morgan fingerprint density at radius 2 is 1.55 bits per heavy atom. The van der Waals surface area contributed by atoms with Crippen LogP contribution in [-0.4, -0.2) is 10.9 Å². The molecule has 0 spiro atoms. The SMILES string of the molecule is BrC1CC(Oc2ccc(OCc3ccccc3)cc2)C1. The summed E-state index contributed by atoms with van der Waals surface area (Å²) in [6, 6.07) is 18.0. The van der Waals surface area contributed by atoms with Gasteiger partial charge in [-0.25, -0.2) is 0 Å². The molecule has 1 aliphatic rings. The van der Waals surface area contributed by atoms with Gasteiger partial charge in [-0.2, -0.15) is 0 Å². The zero-order valence-corrected chi connectivity index (χ0v) is 12.8. The van der Waals surface area contributed by atoms with Gasteiger partial charge in [0.2, 0.25) is 0 Å². The van der Waals surface area contributed by atoms with E-state index in [1.165, 1.54) is 5.56 Å².